The van der Waals surface area contributed by atoms with Crippen LogP contribution in [0.5, 0.6) is 17.2 Å². The summed E-state index contributed by atoms with van der Waals surface area (Å²) < 4.78 is 24.2. The molecule has 1 fully saturated rings. The van der Waals surface area contributed by atoms with Gasteiger partial charge < -0.3 is 18.9 Å². The van der Waals surface area contributed by atoms with Gasteiger partial charge in [-0.2, -0.15) is 0 Å². The number of hydrogen-bond donors (Lipinski definition) is 0. The molecule has 1 aliphatic heterocycles. The zero-order valence-electron chi connectivity index (χ0n) is 26.3. The minimum Gasteiger partial charge on any atom is -0.494 e. The summed E-state index contributed by atoms with van der Waals surface area (Å²) in [6.07, 6.45) is 11.1. The Balaban J connectivity index is 1.54. The van der Waals surface area contributed by atoms with Crippen LogP contribution in [0.4, 0.5) is 0 Å². The number of hydrogen-bond acceptors (Lipinski definition) is 6. The van der Waals surface area contributed by atoms with Gasteiger partial charge in [-0.1, -0.05) is 86.8 Å². The fourth-order valence-electron chi connectivity index (χ4n) is 6.65. The van der Waals surface area contributed by atoms with Gasteiger partial charge in [-0.25, -0.2) is 4.79 Å². The molecule has 45 heavy (non-hydrogen) atoms. The lowest BCUT2D eigenvalue weighted by Crippen LogP contribution is -2.35. The summed E-state index contributed by atoms with van der Waals surface area (Å²) >= 11 is 0. The number of ether oxygens (including phenoxy) is 4. The molecule has 2 aliphatic rings. The molecule has 6 heteroatoms. The first-order valence-corrected chi connectivity index (χ1v) is 16.1. The number of rotatable bonds is 9. The lowest BCUT2D eigenvalue weighted by Gasteiger charge is -2.37. The Morgan fingerprint density at radius 1 is 0.867 bits per heavy atom. The monoisotopic (exact) mass is 604 g/mol. The van der Waals surface area contributed by atoms with Gasteiger partial charge in [0.1, 0.15) is 17.1 Å². The van der Waals surface area contributed by atoms with Crippen molar-refractivity contribution < 1.29 is 28.5 Å². The SMILES string of the molecule is CCCOc1ccc(C2(c3ccc(C4CCCCC4)cc3)C=Cc3c(C(=O)OCC)c(OC(C)=O)c4ccccc4c3O2)cc1. The molecule has 6 rings (SSSR count). The predicted molar refractivity (Wildman–Crippen MR) is 176 cm³/mol. The van der Waals surface area contributed by atoms with E-state index in [1.54, 1.807) is 6.92 Å². The second-order valence-corrected chi connectivity index (χ2v) is 11.8. The fourth-order valence-corrected chi connectivity index (χ4v) is 6.65. The van der Waals surface area contributed by atoms with Gasteiger partial charge >= 0.3 is 11.9 Å². The number of fused-ring (bicyclic) bond motifs is 3. The van der Waals surface area contributed by atoms with Crippen LogP contribution in [-0.4, -0.2) is 25.2 Å². The van der Waals surface area contributed by atoms with E-state index in [1.807, 2.05) is 60.7 Å². The van der Waals surface area contributed by atoms with E-state index in [2.05, 4.69) is 31.2 Å². The van der Waals surface area contributed by atoms with Crippen molar-refractivity contribution in [3.8, 4) is 17.2 Å². The van der Waals surface area contributed by atoms with Crippen LogP contribution in [0, 0.1) is 0 Å². The number of carbonyl (C=O) groups is 2. The third-order valence-electron chi connectivity index (χ3n) is 8.80. The van der Waals surface area contributed by atoms with Crippen LogP contribution in [0.3, 0.4) is 0 Å². The van der Waals surface area contributed by atoms with Crippen LogP contribution in [-0.2, 0) is 15.1 Å². The maximum atomic E-state index is 13.5. The molecule has 6 nitrogen and oxygen atoms in total. The molecule has 1 aliphatic carbocycles. The van der Waals surface area contributed by atoms with Crippen LogP contribution in [0.1, 0.15) is 97.8 Å². The van der Waals surface area contributed by atoms with Crippen molar-refractivity contribution in [3.63, 3.8) is 0 Å². The van der Waals surface area contributed by atoms with Crippen LogP contribution in [0.2, 0.25) is 0 Å². The molecule has 0 aromatic heterocycles. The van der Waals surface area contributed by atoms with E-state index in [9.17, 15) is 9.59 Å². The van der Waals surface area contributed by atoms with Gasteiger partial charge in [0.2, 0.25) is 0 Å². The Morgan fingerprint density at radius 2 is 1.53 bits per heavy atom. The molecule has 1 unspecified atom stereocenters. The lowest BCUT2D eigenvalue weighted by atomic mass is 9.80. The van der Waals surface area contributed by atoms with Gasteiger partial charge in [0.05, 0.1) is 13.2 Å². The molecule has 232 valence electrons. The van der Waals surface area contributed by atoms with E-state index in [1.165, 1.54) is 44.6 Å². The van der Waals surface area contributed by atoms with Gasteiger partial charge in [0.15, 0.2) is 11.4 Å². The molecule has 0 amide bonds. The van der Waals surface area contributed by atoms with Crippen molar-refractivity contribution in [2.75, 3.05) is 13.2 Å². The van der Waals surface area contributed by atoms with E-state index in [0.717, 1.165) is 28.7 Å². The van der Waals surface area contributed by atoms with Crippen LogP contribution in [0.15, 0.2) is 78.9 Å². The summed E-state index contributed by atoms with van der Waals surface area (Å²) in [5.41, 5.74) is 2.93. The number of carbonyl (C=O) groups excluding carboxylic acids is 2. The molecule has 0 spiro atoms. The number of benzene rings is 4. The highest BCUT2D eigenvalue weighted by molar-refractivity contribution is 6.09. The Bertz CT molecular complexity index is 1710. The minimum atomic E-state index is -1.00. The molecule has 1 heterocycles. The average Bonchev–Trinajstić information content (AvgIpc) is 3.08. The molecule has 4 aromatic carbocycles. The van der Waals surface area contributed by atoms with Crippen molar-refractivity contribution in [2.24, 2.45) is 0 Å². The largest absolute Gasteiger partial charge is 0.494 e. The molecular formula is C39H40O6. The van der Waals surface area contributed by atoms with E-state index in [0.29, 0.717) is 29.2 Å². The summed E-state index contributed by atoms with van der Waals surface area (Å²) in [4.78, 5) is 25.7. The van der Waals surface area contributed by atoms with Crippen LogP contribution < -0.4 is 14.2 Å². The molecule has 0 radical (unpaired) electrons. The Hall–Kier alpha value is -4.58. The van der Waals surface area contributed by atoms with Gasteiger partial charge in [-0.05, 0) is 62.0 Å². The highest BCUT2D eigenvalue weighted by Crippen LogP contribution is 2.50. The average molecular weight is 605 g/mol. The highest BCUT2D eigenvalue weighted by atomic mass is 16.5. The topological polar surface area (TPSA) is 71.1 Å². The van der Waals surface area contributed by atoms with E-state index in [-0.39, 0.29) is 17.9 Å². The second kappa shape index (κ2) is 13.2. The second-order valence-electron chi connectivity index (χ2n) is 11.8. The molecule has 1 saturated carbocycles. The van der Waals surface area contributed by atoms with Crippen LogP contribution >= 0.6 is 0 Å². The lowest BCUT2D eigenvalue weighted by molar-refractivity contribution is -0.131. The quantitative estimate of drug-likeness (QED) is 0.140. The van der Waals surface area contributed by atoms with Crippen LogP contribution in [0.25, 0.3) is 16.8 Å². The number of esters is 2. The summed E-state index contributed by atoms with van der Waals surface area (Å²) in [7, 11) is 0. The first-order chi connectivity index (χ1) is 21.9. The van der Waals surface area contributed by atoms with Crippen molar-refractivity contribution in [1.82, 2.24) is 0 Å². The minimum absolute atomic E-state index is 0.168. The standard InChI is InChI=1S/C39H40O6/c1-4-25-43-31-21-19-30(20-22-31)39(29-17-15-28(16-18-29)27-11-7-6-8-12-27)24-23-34-35(38(41)42-5-2)37(44-26(3)40)33-14-10-9-13-32(33)36(34)45-39/h9-10,13-24,27H,4-8,11-12,25H2,1-3H3. The van der Waals surface area contributed by atoms with E-state index < -0.39 is 17.5 Å². The van der Waals surface area contributed by atoms with Gasteiger partial charge in [0.25, 0.3) is 0 Å². The molecule has 0 bridgehead atoms. The highest BCUT2D eigenvalue weighted by Gasteiger charge is 2.40. The fraction of sp³-hybridized carbons (Fsp3) is 0.333. The third-order valence-corrected chi connectivity index (χ3v) is 8.80. The molecule has 4 aromatic rings. The van der Waals surface area contributed by atoms with Crippen molar-refractivity contribution >= 4 is 28.8 Å². The zero-order chi connectivity index (χ0) is 31.4. The van der Waals surface area contributed by atoms with Gasteiger partial charge in [-0.15, -0.1) is 0 Å². The summed E-state index contributed by atoms with van der Waals surface area (Å²) in [6.45, 7) is 5.98. The Kier molecular flexibility index (Phi) is 8.92. The van der Waals surface area contributed by atoms with E-state index >= 15 is 0 Å². The predicted octanol–water partition coefficient (Wildman–Crippen LogP) is 9.13. The maximum Gasteiger partial charge on any atom is 0.342 e. The van der Waals surface area contributed by atoms with Crippen molar-refractivity contribution in [1.29, 1.82) is 0 Å². The van der Waals surface area contributed by atoms with Gasteiger partial charge in [0, 0.05) is 34.4 Å². The maximum absolute atomic E-state index is 13.5. The molecule has 0 saturated heterocycles. The first kappa shape index (κ1) is 30.4. The summed E-state index contributed by atoms with van der Waals surface area (Å²) in [5.74, 6) is 0.970. The smallest absolute Gasteiger partial charge is 0.342 e. The summed E-state index contributed by atoms with van der Waals surface area (Å²) in [6, 6.07) is 24.4. The summed E-state index contributed by atoms with van der Waals surface area (Å²) in [5, 5.41) is 1.32. The third kappa shape index (κ3) is 5.94. The Morgan fingerprint density at radius 3 is 2.18 bits per heavy atom. The first-order valence-electron chi connectivity index (χ1n) is 16.1. The molecular weight excluding hydrogens is 564 g/mol. The molecule has 0 N–H and O–H groups in total. The zero-order valence-corrected chi connectivity index (χ0v) is 26.3. The Labute approximate surface area is 265 Å². The van der Waals surface area contributed by atoms with Crippen molar-refractivity contribution in [3.05, 3.63) is 107 Å². The van der Waals surface area contributed by atoms with E-state index in [4.69, 9.17) is 18.9 Å². The van der Waals surface area contributed by atoms with Gasteiger partial charge in [-0.3, -0.25) is 4.79 Å². The van der Waals surface area contributed by atoms with Crippen molar-refractivity contribution in [2.45, 2.75) is 70.8 Å². The normalized spacial score (nSPS) is 17.8. The molecule has 1 atom stereocenters.